The minimum Gasteiger partial charge on any atom is -0.493 e. The van der Waals surface area contributed by atoms with Crippen LogP contribution in [0.4, 0.5) is 8.78 Å². The molecule has 0 spiro atoms. The zero-order valence-corrected chi connectivity index (χ0v) is 20.9. The van der Waals surface area contributed by atoms with E-state index in [-0.39, 0.29) is 12.1 Å². The summed E-state index contributed by atoms with van der Waals surface area (Å²) in [5, 5.41) is 3.19. The fraction of sp³-hybridized carbons (Fsp3) is 0.500. The van der Waals surface area contributed by atoms with Gasteiger partial charge in [0.15, 0.2) is 0 Å². The van der Waals surface area contributed by atoms with Crippen LogP contribution in [0.15, 0.2) is 54.7 Å². The number of alkyl halides is 2. The molecule has 1 aliphatic carbocycles. The van der Waals surface area contributed by atoms with Gasteiger partial charge in [-0.05, 0) is 54.5 Å². The molecular weight excluding hydrogens is 418 g/mol. The molecule has 0 aromatic heterocycles. The Morgan fingerprint density at radius 3 is 2.30 bits per heavy atom. The maximum Gasteiger partial charge on any atom is 0.286 e. The molecule has 0 unspecified atom stereocenters. The Kier molecular flexibility index (Phi) is 10.4. The Bertz CT molecular complexity index is 876. The number of ether oxygens (including phenoxy) is 1. The van der Waals surface area contributed by atoms with Gasteiger partial charge in [-0.2, -0.15) is 8.78 Å². The van der Waals surface area contributed by atoms with Gasteiger partial charge in [-0.25, -0.2) is 0 Å². The van der Waals surface area contributed by atoms with E-state index in [4.69, 9.17) is 4.74 Å². The molecule has 1 aliphatic heterocycles. The van der Waals surface area contributed by atoms with E-state index >= 15 is 0 Å². The quantitative estimate of drug-likeness (QED) is 0.450. The Morgan fingerprint density at radius 1 is 1.06 bits per heavy atom. The Labute approximate surface area is 198 Å². The van der Waals surface area contributed by atoms with Crippen LogP contribution in [0.25, 0.3) is 0 Å². The lowest BCUT2D eigenvalue weighted by molar-refractivity contribution is -0.0547. The second-order valence-electron chi connectivity index (χ2n) is 8.37. The predicted octanol–water partition coefficient (Wildman–Crippen LogP) is 7.26. The van der Waals surface area contributed by atoms with Crippen molar-refractivity contribution in [1.29, 1.82) is 0 Å². The molecule has 182 valence electrons. The molecule has 0 amide bonds. The highest BCUT2D eigenvalue weighted by molar-refractivity contribution is 5.40. The van der Waals surface area contributed by atoms with Crippen LogP contribution in [0.2, 0.25) is 0 Å². The molecule has 0 atom stereocenters. The summed E-state index contributed by atoms with van der Waals surface area (Å²) in [6.07, 6.45) is 2.36. The minimum atomic E-state index is -2.88. The van der Waals surface area contributed by atoms with Crippen LogP contribution in [0.1, 0.15) is 69.7 Å². The molecular formula is C28H40F2N2O. The summed E-state index contributed by atoms with van der Waals surface area (Å²) in [5.41, 5.74) is 3.90. The van der Waals surface area contributed by atoms with Gasteiger partial charge < -0.3 is 10.1 Å². The molecule has 33 heavy (non-hydrogen) atoms. The number of fused-ring (bicyclic) bond motifs is 1. The summed E-state index contributed by atoms with van der Waals surface area (Å²) < 4.78 is 35.4. The first kappa shape index (κ1) is 26.8. The van der Waals surface area contributed by atoms with Crippen molar-refractivity contribution in [2.75, 3.05) is 13.2 Å². The largest absolute Gasteiger partial charge is 0.493 e. The molecule has 4 rings (SSSR count). The van der Waals surface area contributed by atoms with E-state index in [9.17, 15) is 8.78 Å². The fourth-order valence-electron chi connectivity index (χ4n) is 3.67. The van der Waals surface area contributed by atoms with E-state index in [1.807, 2.05) is 69.9 Å². The highest BCUT2D eigenvalue weighted by Crippen LogP contribution is 2.39. The van der Waals surface area contributed by atoms with E-state index in [2.05, 4.69) is 11.9 Å². The van der Waals surface area contributed by atoms with E-state index in [1.165, 1.54) is 12.8 Å². The van der Waals surface area contributed by atoms with Crippen molar-refractivity contribution in [2.24, 2.45) is 5.92 Å². The molecule has 0 saturated heterocycles. The highest BCUT2D eigenvalue weighted by atomic mass is 19.3. The minimum absolute atomic E-state index is 0.114. The summed E-state index contributed by atoms with van der Waals surface area (Å²) in [6, 6.07) is 13.2. The van der Waals surface area contributed by atoms with Crippen LogP contribution in [-0.2, 0) is 25.6 Å². The Morgan fingerprint density at radius 2 is 1.70 bits per heavy atom. The van der Waals surface area contributed by atoms with E-state index in [1.54, 1.807) is 12.1 Å². The van der Waals surface area contributed by atoms with Crippen LogP contribution in [-0.4, -0.2) is 18.1 Å². The van der Waals surface area contributed by atoms with Crippen molar-refractivity contribution in [1.82, 2.24) is 10.2 Å². The third kappa shape index (κ3) is 8.15. The van der Waals surface area contributed by atoms with Crippen molar-refractivity contribution in [2.45, 2.75) is 73.0 Å². The van der Waals surface area contributed by atoms with Gasteiger partial charge in [0, 0.05) is 30.9 Å². The maximum atomic E-state index is 14.9. The molecule has 1 N–H and O–H groups in total. The molecule has 1 fully saturated rings. The van der Waals surface area contributed by atoms with Crippen molar-refractivity contribution in [3.63, 3.8) is 0 Å². The van der Waals surface area contributed by atoms with E-state index in [0.29, 0.717) is 36.9 Å². The number of halogens is 2. The van der Waals surface area contributed by atoms with Gasteiger partial charge in [-0.3, -0.25) is 4.90 Å². The van der Waals surface area contributed by atoms with Crippen LogP contribution in [0, 0.1) is 5.92 Å². The number of nitrogens with one attached hydrogen (secondary N) is 1. The lowest BCUT2D eigenvalue weighted by Crippen LogP contribution is -2.40. The first-order valence-electron chi connectivity index (χ1n) is 12.2. The normalized spacial score (nSPS) is 16.3. The Hall–Kier alpha value is -2.40. The number of allylic oxidation sites excluding steroid dienone is 1. The third-order valence-electron chi connectivity index (χ3n) is 5.50. The lowest BCUT2D eigenvalue weighted by Gasteiger charge is -2.34. The molecule has 5 heteroatoms. The first-order valence-corrected chi connectivity index (χ1v) is 12.2. The monoisotopic (exact) mass is 458 g/mol. The van der Waals surface area contributed by atoms with E-state index in [0.717, 1.165) is 23.4 Å². The molecule has 2 aliphatic rings. The van der Waals surface area contributed by atoms with Crippen molar-refractivity contribution in [3.8, 4) is 5.75 Å². The van der Waals surface area contributed by atoms with Crippen molar-refractivity contribution < 1.29 is 13.5 Å². The second kappa shape index (κ2) is 12.7. The highest BCUT2D eigenvalue weighted by Gasteiger charge is 2.40. The smallest absolute Gasteiger partial charge is 0.286 e. The third-order valence-corrected chi connectivity index (χ3v) is 5.50. The molecule has 1 heterocycles. The summed E-state index contributed by atoms with van der Waals surface area (Å²) in [6.45, 7) is 15.9. The molecule has 0 radical (unpaired) electrons. The fourth-order valence-corrected chi connectivity index (χ4v) is 3.67. The van der Waals surface area contributed by atoms with Gasteiger partial charge in [0.1, 0.15) is 5.75 Å². The molecule has 3 nitrogen and oxygen atoms in total. The number of benzene rings is 2. The number of hydrogen-bond donors (Lipinski definition) is 1. The number of hydrogen-bond acceptors (Lipinski definition) is 3. The predicted molar refractivity (Wildman–Crippen MR) is 133 cm³/mol. The average molecular weight is 459 g/mol. The van der Waals surface area contributed by atoms with Gasteiger partial charge in [0.25, 0.3) is 5.92 Å². The molecule has 2 aromatic carbocycles. The summed E-state index contributed by atoms with van der Waals surface area (Å²) >= 11 is 0. The van der Waals surface area contributed by atoms with Crippen LogP contribution in [0.5, 0.6) is 5.75 Å². The Balaban J connectivity index is 0.000000914. The molecule has 1 saturated carbocycles. The zero-order valence-electron chi connectivity index (χ0n) is 20.9. The van der Waals surface area contributed by atoms with Gasteiger partial charge in [0.2, 0.25) is 0 Å². The van der Waals surface area contributed by atoms with Crippen molar-refractivity contribution in [3.05, 3.63) is 77.0 Å². The topological polar surface area (TPSA) is 24.5 Å². The van der Waals surface area contributed by atoms with Crippen LogP contribution >= 0.6 is 0 Å². The van der Waals surface area contributed by atoms with Crippen LogP contribution in [0.3, 0.4) is 0 Å². The second-order valence-corrected chi connectivity index (χ2v) is 8.37. The number of nitrogens with zero attached hydrogens (tertiary/aromatic N) is 1. The lowest BCUT2D eigenvalue weighted by atomic mass is 9.95. The summed E-state index contributed by atoms with van der Waals surface area (Å²) in [7, 11) is 0. The van der Waals surface area contributed by atoms with Crippen LogP contribution < -0.4 is 10.1 Å². The van der Waals surface area contributed by atoms with E-state index < -0.39 is 5.92 Å². The maximum absolute atomic E-state index is 14.9. The average Bonchev–Trinajstić information content (AvgIpc) is 3.64. The summed E-state index contributed by atoms with van der Waals surface area (Å²) in [4.78, 5) is 1.81. The standard InChI is InChI=1S/C24H28F2N2O.2C2H6/c1-17(2)27-12-18-3-5-19(6-4-18)13-28-14-21-9-10-22(29-15-20-7-8-20)11-23(21)24(25,26)16-28;2*1-2/h3-6,9-11,20,27H,1,7-8,12-16H2,2H3;2*1-2H3. The van der Waals surface area contributed by atoms with Gasteiger partial charge in [0.05, 0.1) is 13.2 Å². The zero-order chi connectivity index (χ0) is 24.4. The van der Waals surface area contributed by atoms with Crippen molar-refractivity contribution >= 4 is 0 Å². The molecule has 2 aromatic rings. The van der Waals surface area contributed by atoms with Gasteiger partial charge >= 0.3 is 0 Å². The molecule has 0 bridgehead atoms. The van der Waals surface area contributed by atoms with Gasteiger partial charge in [-0.15, -0.1) is 0 Å². The van der Waals surface area contributed by atoms with Gasteiger partial charge in [-0.1, -0.05) is 64.6 Å². The first-order chi connectivity index (χ1) is 15.9. The summed E-state index contributed by atoms with van der Waals surface area (Å²) in [5.74, 6) is -1.72. The SMILES string of the molecule is C=C(C)NCc1ccc(CN2Cc3ccc(OCC4CC4)cc3C(F)(F)C2)cc1.CC.CC. The number of rotatable bonds is 8.